The Balaban J connectivity index is 1.88. The van der Waals surface area contributed by atoms with E-state index in [1.54, 1.807) is 31.9 Å². The van der Waals surface area contributed by atoms with Crippen molar-refractivity contribution >= 4 is 23.0 Å². The normalized spacial score (nSPS) is 14.1. The Morgan fingerprint density at radius 1 is 1.03 bits per heavy atom. The first kappa shape index (κ1) is 25.1. The molecule has 4 rings (SSSR count). The number of rotatable bonds is 7. The summed E-state index contributed by atoms with van der Waals surface area (Å²) in [7, 11) is 4.61. The molecule has 1 aliphatic rings. The minimum Gasteiger partial charge on any atom is -0.694 e. The summed E-state index contributed by atoms with van der Waals surface area (Å²) >= 11 is 0. The number of carbonyl (C=O) groups excluding carboxylic acids is 1. The molecule has 0 fully saturated rings. The number of benzene rings is 3. The quantitative estimate of drug-likeness (QED) is 0.385. The molecule has 0 aromatic heterocycles. The fraction of sp³-hybridized carbons (Fsp3) is 0.269. The number of ether oxygens (including phenoxy) is 3. The van der Waals surface area contributed by atoms with Gasteiger partial charge in [0.2, 0.25) is 0 Å². The van der Waals surface area contributed by atoms with Crippen molar-refractivity contribution in [2.45, 2.75) is 26.0 Å². The predicted octanol–water partition coefficient (Wildman–Crippen LogP) is 4.20. The molecule has 0 unspecified atom stereocenters. The molecule has 0 bridgehead atoms. The fourth-order valence-corrected chi connectivity index (χ4v) is 4.37. The first-order valence-electron chi connectivity index (χ1n) is 11.1. The summed E-state index contributed by atoms with van der Waals surface area (Å²) in [5.41, 5.74) is 2.49. The van der Waals surface area contributed by atoms with Gasteiger partial charge in [-0.05, 0) is 49.7 Å². The number of amides is 1. The zero-order valence-corrected chi connectivity index (χ0v) is 20.6. The van der Waals surface area contributed by atoms with Gasteiger partial charge in [-0.25, -0.2) is 4.39 Å². The second-order valence-electron chi connectivity index (χ2n) is 8.86. The number of carbonyl (C=O) groups is 1. The highest BCUT2D eigenvalue weighted by Gasteiger charge is 2.38. The molecule has 3 aromatic rings. The molecule has 0 spiro atoms. The number of methoxy groups -OCH3 is 2. The van der Waals surface area contributed by atoms with Gasteiger partial charge in [0.05, 0.1) is 25.6 Å². The van der Waals surface area contributed by atoms with Crippen LogP contribution in [-0.2, 0) is 11.4 Å². The first-order valence-corrected chi connectivity index (χ1v) is 11.1. The Bertz CT molecular complexity index is 1310. The molecule has 0 saturated heterocycles. The SMILES string of the molecule is COc1ccc(N([O-])[OH2+])cc1OCc1c(-c2ccc(F)cc2OC)ccc2c1N(C)C(=O)C(C)(C)N2. The summed E-state index contributed by atoms with van der Waals surface area (Å²) in [5, 5.41) is 22.1. The molecule has 9 nitrogen and oxygen atoms in total. The summed E-state index contributed by atoms with van der Waals surface area (Å²) < 4.78 is 30.9. The topological polar surface area (TPSA) is 109 Å². The van der Waals surface area contributed by atoms with Crippen LogP contribution in [0, 0.1) is 11.0 Å². The van der Waals surface area contributed by atoms with E-state index in [-0.39, 0.29) is 29.2 Å². The largest absolute Gasteiger partial charge is 0.694 e. The monoisotopic (exact) mass is 497 g/mol. The third-order valence-electron chi connectivity index (χ3n) is 6.11. The maximum Gasteiger partial charge on any atom is 0.251 e. The van der Waals surface area contributed by atoms with Crippen LogP contribution < -0.4 is 29.7 Å². The summed E-state index contributed by atoms with van der Waals surface area (Å²) in [6.45, 7) is 3.57. The Kier molecular flexibility index (Phi) is 6.66. The molecule has 1 heterocycles. The van der Waals surface area contributed by atoms with Gasteiger partial charge >= 0.3 is 0 Å². The number of hydrogen-bond donors (Lipinski definition) is 1. The Hall–Kier alpha value is -4.02. The lowest BCUT2D eigenvalue weighted by molar-refractivity contribution is -0.121. The van der Waals surface area contributed by atoms with Gasteiger partial charge in [0.25, 0.3) is 5.91 Å². The van der Waals surface area contributed by atoms with Crippen molar-refractivity contribution in [3.05, 3.63) is 65.1 Å². The van der Waals surface area contributed by atoms with E-state index in [2.05, 4.69) is 5.32 Å². The molecule has 0 atom stereocenters. The second-order valence-corrected chi connectivity index (χ2v) is 8.86. The number of nitrogens with zero attached hydrogens (tertiary/aromatic N) is 2. The minimum absolute atomic E-state index is 0.0239. The predicted molar refractivity (Wildman–Crippen MR) is 136 cm³/mol. The van der Waals surface area contributed by atoms with Crippen LogP contribution in [0.15, 0.2) is 48.5 Å². The summed E-state index contributed by atoms with van der Waals surface area (Å²) in [6, 6.07) is 12.3. The van der Waals surface area contributed by atoms with Gasteiger partial charge in [-0.1, -0.05) is 6.07 Å². The van der Waals surface area contributed by atoms with E-state index in [4.69, 9.17) is 19.4 Å². The highest BCUT2D eigenvalue weighted by atomic mass is 19.1. The maximum atomic E-state index is 14.0. The van der Waals surface area contributed by atoms with Crippen molar-refractivity contribution in [2.24, 2.45) is 0 Å². The maximum absolute atomic E-state index is 14.0. The van der Waals surface area contributed by atoms with Crippen LogP contribution in [0.3, 0.4) is 0 Å². The molecule has 0 radical (unpaired) electrons. The van der Waals surface area contributed by atoms with E-state index < -0.39 is 11.4 Å². The van der Waals surface area contributed by atoms with Gasteiger partial charge in [-0.15, -0.1) is 0 Å². The lowest BCUT2D eigenvalue weighted by Gasteiger charge is -2.39. The van der Waals surface area contributed by atoms with Gasteiger partial charge in [0.1, 0.15) is 29.4 Å². The van der Waals surface area contributed by atoms with Crippen molar-refractivity contribution in [3.8, 4) is 28.4 Å². The molecular formula is C26H28FN3O6. The van der Waals surface area contributed by atoms with E-state index in [0.717, 1.165) is 5.69 Å². The minimum atomic E-state index is -0.821. The fourth-order valence-electron chi connectivity index (χ4n) is 4.37. The molecule has 3 aromatic carbocycles. The zero-order valence-electron chi connectivity index (χ0n) is 20.6. The number of nitrogens with one attached hydrogen (secondary N) is 1. The number of likely N-dealkylation sites (N-methyl/N-ethyl adjacent to an activating group) is 1. The second kappa shape index (κ2) is 9.56. The lowest BCUT2D eigenvalue weighted by Crippen LogP contribution is -2.52. The van der Waals surface area contributed by atoms with Crippen LogP contribution in [0.1, 0.15) is 19.4 Å². The van der Waals surface area contributed by atoms with E-state index >= 15 is 0 Å². The molecule has 3 N–H and O–H groups in total. The Morgan fingerprint density at radius 3 is 2.39 bits per heavy atom. The van der Waals surface area contributed by atoms with Gasteiger partial charge in [-0.2, -0.15) is 5.23 Å². The van der Waals surface area contributed by atoms with Gasteiger partial charge in [-0.3, -0.25) is 4.79 Å². The summed E-state index contributed by atoms with van der Waals surface area (Å²) in [6.07, 6.45) is 0. The molecule has 190 valence electrons. The van der Waals surface area contributed by atoms with Crippen molar-refractivity contribution < 1.29 is 28.6 Å². The molecule has 1 aliphatic heterocycles. The number of hydrogen-bond acceptors (Lipinski definition) is 7. The van der Waals surface area contributed by atoms with Gasteiger partial charge < -0.3 is 34.8 Å². The standard InChI is InChI=1S/C26H27FN3O6/c1-26(2)25(31)29(3)24-19(14-36-23-13-16(30(32)33)7-11-21(23)34-4)17(9-10-20(24)28-26)18-8-6-15(27)12-22(18)35-5/h6-13,28,32H,14H2,1-5H3/q-1/p+1. The van der Waals surface area contributed by atoms with Crippen molar-refractivity contribution in [1.29, 1.82) is 0 Å². The first-order chi connectivity index (χ1) is 17.1. The molecule has 10 heteroatoms. The number of anilines is 3. The number of fused-ring (bicyclic) bond motifs is 1. The van der Waals surface area contributed by atoms with Crippen LogP contribution in [0.5, 0.6) is 17.2 Å². The summed E-state index contributed by atoms with van der Waals surface area (Å²) in [4.78, 5) is 14.7. The molecule has 0 saturated carbocycles. The van der Waals surface area contributed by atoms with Gasteiger partial charge in [0.15, 0.2) is 11.5 Å². The Morgan fingerprint density at radius 2 is 1.72 bits per heavy atom. The average molecular weight is 498 g/mol. The van der Waals surface area contributed by atoms with E-state index in [1.165, 1.54) is 44.6 Å². The summed E-state index contributed by atoms with van der Waals surface area (Å²) in [5.74, 6) is 0.354. The zero-order chi connectivity index (χ0) is 26.2. The van der Waals surface area contributed by atoms with Crippen LogP contribution in [0.25, 0.3) is 11.1 Å². The van der Waals surface area contributed by atoms with E-state index in [9.17, 15) is 14.4 Å². The van der Waals surface area contributed by atoms with E-state index in [0.29, 0.717) is 33.9 Å². The van der Waals surface area contributed by atoms with Crippen LogP contribution in [0.2, 0.25) is 0 Å². The van der Waals surface area contributed by atoms with Crippen molar-refractivity contribution in [2.75, 3.05) is 36.7 Å². The van der Waals surface area contributed by atoms with Gasteiger partial charge in [0, 0.05) is 30.3 Å². The highest BCUT2D eigenvalue weighted by molar-refractivity contribution is 6.08. The Labute approximate surface area is 208 Å². The molecule has 36 heavy (non-hydrogen) atoms. The third-order valence-corrected chi connectivity index (χ3v) is 6.11. The number of halogens is 1. The molecule has 0 aliphatic carbocycles. The lowest BCUT2D eigenvalue weighted by atomic mass is 9.92. The molecular weight excluding hydrogens is 469 g/mol. The van der Waals surface area contributed by atoms with E-state index in [1.807, 2.05) is 12.1 Å². The average Bonchev–Trinajstić information content (AvgIpc) is 2.85. The van der Waals surface area contributed by atoms with Crippen molar-refractivity contribution in [1.82, 2.24) is 0 Å². The van der Waals surface area contributed by atoms with Crippen LogP contribution >= 0.6 is 0 Å². The van der Waals surface area contributed by atoms with Crippen LogP contribution in [0.4, 0.5) is 21.5 Å². The smallest absolute Gasteiger partial charge is 0.251 e. The van der Waals surface area contributed by atoms with Crippen molar-refractivity contribution in [3.63, 3.8) is 0 Å². The third kappa shape index (κ3) is 4.48. The molecule has 1 amide bonds. The highest BCUT2D eigenvalue weighted by Crippen LogP contribution is 2.45. The van der Waals surface area contributed by atoms with Crippen LogP contribution in [-0.4, -0.2) is 37.9 Å².